The van der Waals surface area contributed by atoms with Crippen LogP contribution < -0.4 is 10.1 Å². The van der Waals surface area contributed by atoms with Gasteiger partial charge >= 0.3 is 0 Å². The molecular weight excluding hydrogens is 416 g/mol. The Bertz CT molecular complexity index is 1160. The molecule has 0 bridgehead atoms. The molecule has 0 saturated heterocycles. The second-order valence-corrected chi connectivity index (χ2v) is 9.27. The Kier molecular flexibility index (Phi) is 6.82. The lowest BCUT2D eigenvalue weighted by Gasteiger charge is -2.20. The van der Waals surface area contributed by atoms with E-state index in [0.717, 1.165) is 11.3 Å². The molecule has 1 heterocycles. The van der Waals surface area contributed by atoms with Crippen LogP contribution in [0.3, 0.4) is 0 Å². The van der Waals surface area contributed by atoms with Crippen molar-refractivity contribution >= 4 is 15.9 Å². The number of nitrogens with zero attached hydrogens (tertiary/aromatic N) is 1. The van der Waals surface area contributed by atoms with Crippen molar-refractivity contribution in [1.82, 2.24) is 9.62 Å². The minimum absolute atomic E-state index is 0.0671. The normalized spacial score (nSPS) is 12.5. The average Bonchev–Trinajstić information content (AvgIpc) is 3.20. The Morgan fingerprint density at radius 1 is 1.13 bits per heavy atom. The molecule has 1 amide bonds. The first-order chi connectivity index (χ1) is 14.7. The predicted octanol–water partition coefficient (Wildman–Crippen LogP) is 3.91. The molecule has 3 rings (SSSR count). The average molecular weight is 443 g/mol. The van der Waals surface area contributed by atoms with E-state index in [1.807, 2.05) is 43.3 Å². The summed E-state index contributed by atoms with van der Waals surface area (Å²) in [6.07, 6.45) is 0. The van der Waals surface area contributed by atoms with Crippen molar-refractivity contribution in [2.24, 2.45) is 0 Å². The standard InChI is InChI=1S/C23H26N2O5S/c1-16-10-12-20(30-16)17(2)24-23(26)19-11-13-21(29-4)22(14-19)31(27,28)25(3)15-18-8-6-5-7-9-18/h5-14,17H,15H2,1-4H3,(H,24,26). The first-order valence-electron chi connectivity index (χ1n) is 9.78. The second-order valence-electron chi connectivity index (χ2n) is 7.26. The molecule has 31 heavy (non-hydrogen) atoms. The summed E-state index contributed by atoms with van der Waals surface area (Å²) in [5.74, 6) is 1.13. The van der Waals surface area contributed by atoms with Crippen molar-refractivity contribution < 1.29 is 22.4 Å². The zero-order chi connectivity index (χ0) is 22.6. The van der Waals surface area contributed by atoms with Crippen LogP contribution in [0.2, 0.25) is 0 Å². The molecule has 8 heteroatoms. The van der Waals surface area contributed by atoms with Crippen molar-refractivity contribution in [3.05, 3.63) is 83.3 Å². The Hall–Kier alpha value is -3.10. The highest BCUT2D eigenvalue weighted by molar-refractivity contribution is 7.89. The topological polar surface area (TPSA) is 88.8 Å². The third-order valence-electron chi connectivity index (χ3n) is 4.90. The lowest BCUT2D eigenvalue weighted by molar-refractivity contribution is 0.0935. The van der Waals surface area contributed by atoms with Gasteiger partial charge in [0.15, 0.2) is 0 Å². The molecule has 0 aliphatic carbocycles. The molecule has 1 aromatic heterocycles. The van der Waals surface area contributed by atoms with Crippen LogP contribution in [-0.4, -0.2) is 32.8 Å². The van der Waals surface area contributed by atoms with Crippen LogP contribution in [0, 0.1) is 6.92 Å². The number of nitrogens with one attached hydrogen (secondary N) is 1. The highest BCUT2D eigenvalue weighted by Gasteiger charge is 2.27. The number of rotatable bonds is 8. The van der Waals surface area contributed by atoms with Crippen molar-refractivity contribution in [3.63, 3.8) is 0 Å². The molecule has 0 radical (unpaired) electrons. The number of benzene rings is 2. The summed E-state index contributed by atoms with van der Waals surface area (Å²) in [6, 6.07) is 16.9. The quantitative estimate of drug-likeness (QED) is 0.571. The Labute approximate surface area is 182 Å². The minimum Gasteiger partial charge on any atom is -0.495 e. The smallest absolute Gasteiger partial charge is 0.251 e. The lowest BCUT2D eigenvalue weighted by atomic mass is 10.1. The van der Waals surface area contributed by atoms with E-state index in [9.17, 15) is 13.2 Å². The summed E-state index contributed by atoms with van der Waals surface area (Å²) < 4.78 is 38.5. The summed E-state index contributed by atoms with van der Waals surface area (Å²) in [7, 11) is -1.01. The van der Waals surface area contributed by atoms with Gasteiger partial charge in [-0.3, -0.25) is 4.79 Å². The fraction of sp³-hybridized carbons (Fsp3) is 0.261. The van der Waals surface area contributed by atoms with E-state index in [1.165, 1.54) is 36.7 Å². The van der Waals surface area contributed by atoms with E-state index in [1.54, 1.807) is 13.0 Å². The van der Waals surface area contributed by atoms with Crippen LogP contribution >= 0.6 is 0 Å². The number of sulfonamides is 1. The van der Waals surface area contributed by atoms with Gasteiger partial charge < -0.3 is 14.5 Å². The zero-order valence-corrected chi connectivity index (χ0v) is 18.8. The number of hydrogen-bond acceptors (Lipinski definition) is 5. The number of carbonyl (C=O) groups is 1. The molecule has 3 aromatic rings. The van der Waals surface area contributed by atoms with Gasteiger partial charge in [0, 0.05) is 19.2 Å². The zero-order valence-electron chi connectivity index (χ0n) is 18.0. The molecule has 1 N–H and O–H groups in total. The first-order valence-corrected chi connectivity index (χ1v) is 11.2. The molecule has 164 valence electrons. The Morgan fingerprint density at radius 2 is 1.84 bits per heavy atom. The molecule has 0 spiro atoms. The number of hydrogen-bond donors (Lipinski definition) is 1. The fourth-order valence-corrected chi connectivity index (χ4v) is 4.49. The molecule has 1 atom stereocenters. The van der Waals surface area contributed by atoms with Gasteiger partial charge in [-0.25, -0.2) is 8.42 Å². The van der Waals surface area contributed by atoms with Gasteiger partial charge in [0.25, 0.3) is 5.91 Å². The summed E-state index contributed by atoms with van der Waals surface area (Å²) in [5, 5.41) is 2.83. The predicted molar refractivity (Wildman–Crippen MR) is 117 cm³/mol. The lowest BCUT2D eigenvalue weighted by Crippen LogP contribution is -2.29. The summed E-state index contributed by atoms with van der Waals surface area (Å²) in [5.41, 5.74) is 1.06. The van der Waals surface area contributed by atoms with Crippen LogP contribution in [0.5, 0.6) is 5.75 Å². The molecular formula is C23H26N2O5S. The highest BCUT2D eigenvalue weighted by atomic mass is 32.2. The molecule has 0 saturated carbocycles. The van der Waals surface area contributed by atoms with Crippen LogP contribution in [-0.2, 0) is 16.6 Å². The van der Waals surface area contributed by atoms with E-state index in [4.69, 9.17) is 9.15 Å². The van der Waals surface area contributed by atoms with E-state index < -0.39 is 15.9 Å². The summed E-state index contributed by atoms with van der Waals surface area (Å²) in [6.45, 7) is 3.81. The third-order valence-corrected chi connectivity index (χ3v) is 6.72. The van der Waals surface area contributed by atoms with Crippen molar-refractivity contribution in [2.45, 2.75) is 31.3 Å². The number of methoxy groups -OCH3 is 1. The highest BCUT2D eigenvalue weighted by Crippen LogP contribution is 2.28. The SMILES string of the molecule is COc1ccc(C(=O)NC(C)c2ccc(C)o2)cc1S(=O)(=O)N(C)Cc1ccccc1. The fourth-order valence-electron chi connectivity index (χ4n) is 3.15. The molecule has 0 aliphatic rings. The van der Waals surface area contributed by atoms with Crippen molar-refractivity contribution in [3.8, 4) is 5.75 Å². The van der Waals surface area contributed by atoms with Gasteiger partial charge in [-0.15, -0.1) is 0 Å². The molecule has 0 aliphatic heterocycles. The van der Waals surface area contributed by atoms with Gasteiger partial charge in [-0.05, 0) is 49.7 Å². The number of furan rings is 1. The van der Waals surface area contributed by atoms with Crippen LogP contribution in [0.25, 0.3) is 0 Å². The molecule has 1 unspecified atom stereocenters. The summed E-state index contributed by atoms with van der Waals surface area (Å²) >= 11 is 0. The Balaban J connectivity index is 1.86. The van der Waals surface area contributed by atoms with Crippen LogP contribution in [0.1, 0.15) is 40.4 Å². The number of carbonyl (C=O) groups excluding carboxylic acids is 1. The largest absolute Gasteiger partial charge is 0.495 e. The Morgan fingerprint density at radius 3 is 2.45 bits per heavy atom. The number of ether oxygens (including phenoxy) is 1. The van der Waals surface area contributed by atoms with Gasteiger partial charge in [0.05, 0.1) is 13.2 Å². The van der Waals surface area contributed by atoms with E-state index in [-0.39, 0.29) is 28.8 Å². The number of amides is 1. The van der Waals surface area contributed by atoms with Crippen molar-refractivity contribution in [1.29, 1.82) is 0 Å². The maximum Gasteiger partial charge on any atom is 0.251 e. The van der Waals surface area contributed by atoms with Crippen LogP contribution in [0.4, 0.5) is 0 Å². The van der Waals surface area contributed by atoms with Gasteiger partial charge in [-0.1, -0.05) is 30.3 Å². The molecule has 7 nitrogen and oxygen atoms in total. The first kappa shape index (κ1) is 22.6. The molecule has 2 aromatic carbocycles. The third kappa shape index (κ3) is 5.15. The minimum atomic E-state index is -3.90. The van der Waals surface area contributed by atoms with E-state index in [2.05, 4.69) is 5.32 Å². The van der Waals surface area contributed by atoms with Crippen molar-refractivity contribution in [2.75, 3.05) is 14.2 Å². The number of aryl methyl sites for hydroxylation is 1. The van der Waals surface area contributed by atoms with Crippen LogP contribution in [0.15, 0.2) is 70.0 Å². The summed E-state index contributed by atoms with van der Waals surface area (Å²) in [4.78, 5) is 12.7. The molecule has 0 fully saturated rings. The van der Waals surface area contributed by atoms with Gasteiger partial charge in [0.1, 0.15) is 22.2 Å². The van der Waals surface area contributed by atoms with E-state index >= 15 is 0 Å². The van der Waals surface area contributed by atoms with Gasteiger partial charge in [0.2, 0.25) is 10.0 Å². The second kappa shape index (κ2) is 9.36. The maximum absolute atomic E-state index is 13.2. The van der Waals surface area contributed by atoms with E-state index in [0.29, 0.717) is 5.76 Å². The maximum atomic E-state index is 13.2. The van der Waals surface area contributed by atoms with Gasteiger partial charge in [-0.2, -0.15) is 4.31 Å². The monoisotopic (exact) mass is 442 g/mol.